The summed E-state index contributed by atoms with van der Waals surface area (Å²) in [5.74, 6) is 0.980. The first kappa shape index (κ1) is 13.9. The van der Waals surface area contributed by atoms with Crippen LogP contribution in [0.5, 0.6) is 5.75 Å². The first-order valence-corrected chi connectivity index (χ1v) is 8.03. The molecule has 1 unspecified atom stereocenters. The van der Waals surface area contributed by atoms with Crippen LogP contribution in [-0.4, -0.2) is 13.2 Å². The van der Waals surface area contributed by atoms with E-state index < -0.39 is 0 Å². The van der Waals surface area contributed by atoms with E-state index >= 15 is 0 Å². The minimum atomic E-state index is 0.222. The van der Waals surface area contributed by atoms with Crippen molar-refractivity contribution in [2.75, 3.05) is 7.05 Å². The van der Waals surface area contributed by atoms with Crippen LogP contribution in [0.4, 0.5) is 0 Å². The zero-order valence-electron chi connectivity index (χ0n) is 11.5. The maximum absolute atomic E-state index is 5.80. The highest BCUT2D eigenvalue weighted by Gasteiger charge is 2.23. The summed E-state index contributed by atoms with van der Waals surface area (Å²) in [7, 11) is 2.00. The van der Waals surface area contributed by atoms with E-state index in [2.05, 4.69) is 76.4 Å². The molecule has 20 heavy (non-hydrogen) atoms. The van der Waals surface area contributed by atoms with Crippen molar-refractivity contribution in [1.29, 1.82) is 0 Å². The fourth-order valence-electron chi connectivity index (χ4n) is 2.33. The van der Waals surface area contributed by atoms with E-state index in [-0.39, 0.29) is 6.04 Å². The van der Waals surface area contributed by atoms with Gasteiger partial charge in [-0.3, -0.25) is 0 Å². The smallest absolute Gasteiger partial charge is 0.119 e. The molecule has 1 atom stereocenters. The number of nitrogens with one attached hydrogen (secondary N) is 1. The zero-order chi connectivity index (χ0) is 13.9. The third-order valence-corrected chi connectivity index (χ3v) is 4.18. The van der Waals surface area contributed by atoms with E-state index in [1.54, 1.807) is 0 Å². The fourth-order valence-corrected chi connectivity index (χ4v) is 2.90. The van der Waals surface area contributed by atoms with Crippen molar-refractivity contribution in [3.8, 4) is 5.75 Å². The number of ether oxygens (including phenoxy) is 1. The standard InChI is InChI=1S/C17H18INO/c1-19-17(13-3-2-4-14(18)11-13)12-5-7-15(8-6-12)20-16-9-10-16/h2-8,11,16-17,19H,9-10H2,1H3. The van der Waals surface area contributed by atoms with E-state index in [0.29, 0.717) is 6.10 Å². The summed E-state index contributed by atoms with van der Waals surface area (Å²) in [5, 5.41) is 3.39. The van der Waals surface area contributed by atoms with Gasteiger partial charge in [0.25, 0.3) is 0 Å². The monoisotopic (exact) mass is 379 g/mol. The van der Waals surface area contributed by atoms with E-state index in [9.17, 15) is 0 Å². The second kappa shape index (κ2) is 6.14. The molecule has 0 heterocycles. The molecule has 3 rings (SSSR count). The van der Waals surface area contributed by atoms with Crippen LogP contribution in [0.15, 0.2) is 48.5 Å². The summed E-state index contributed by atoms with van der Waals surface area (Å²) in [4.78, 5) is 0. The highest BCUT2D eigenvalue weighted by molar-refractivity contribution is 14.1. The highest BCUT2D eigenvalue weighted by Crippen LogP contribution is 2.29. The molecule has 1 N–H and O–H groups in total. The Morgan fingerprint density at radius 3 is 2.45 bits per heavy atom. The van der Waals surface area contributed by atoms with Crippen molar-refractivity contribution in [3.63, 3.8) is 0 Å². The van der Waals surface area contributed by atoms with E-state index in [4.69, 9.17) is 4.74 Å². The van der Waals surface area contributed by atoms with Gasteiger partial charge in [-0.25, -0.2) is 0 Å². The third kappa shape index (κ3) is 3.33. The van der Waals surface area contributed by atoms with Gasteiger partial charge in [0.1, 0.15) is 5.75 Å². The number of hydrogen-bond acceptors (Lipinski definition) is 2. The lowest BCUT2D eigenvalue weighted by molar-refractivity contribution is 0.303. The van der Waals surface area contributed by atoms with Crippen molar-refractivity contribution in [1.82, 2.24) is 5.32 Å². The van der Waals surface area contributed by atoms with Crippen molar-refractivity contribution in [2.24, 2.45) is 0 Å². The van der Waals surface area contributed by atoms with Crippen molar-refractivity contribution >= 4 is 22.6 Å². The van der Waals surface area contributed by atoms with E-state index in [1.807, 2.05) is 7.05 Å². The Hall–Kier alpha value is -1.07. The van der Waals surface area contributed by atoms with Crippen LogP contribution >= 0.6 is 22.6 Å². The molecular formula is C17H18INO. The summed E-state index contributed by atoms with van der Waals surface area (Å²) in [6.07, 6.45) is 2.85. The third-order valence-electron chi connectivity index (χ3n) is 3.51. The quantitative estimate of drug-likeness (QED) is 0.789. The Morgan fingerprint density at radius 2 is 1.85 bits per heavy atom. The molecule has 0 amide bonds. The van der Waals surface area contributed by atoms with Crippen LogP contribution in [0.25, 0.3) is 0 Å². The number of hydrogen-bond donors (Lipinski definition) is 1. The van der Waals surface area contributed by atoms with Crippen LogP contribution in [0.3, 0.4) is 0 Å². The summed E-state index contributed by atoms with van der Waals surface area (Å²) >= 11 is 2.35. The van der Waals surface area contributed by atoms with Gasteiger partial charge in [0.15, 0.2) is 0 Å². The molecule has 1 fully saturated rings. The Kier molecular flexibility index (Phi) is 4.27. The van der Waals surface area contributed by atoms with Gasteiger partial charge in [-0.05, 0) is 77.9 Å². The molecule has 1 aliphatic carbocycles. The Labute approximate surface area is 133 Å². The number of benzene rings is 2. The van der Waals surface area contributed by atoms with E-state index in [0.717, 1.165) is 5.75 Å². The van der Waals surface area contributed by atoms with Gasteiger partial charge in [-0.1, -0.05) is 24.3 Å². The Bertz CT molecular complexity index is 578. The summed E-state index contributed by atoms with van der Waals surface area (Å²) < 4.78 is 7.06. The maximum atomic E-state index is 5.80. The first-order chi connectivity index (χ1) is 9.76. The molecule has 0 aromatic heterocycles. The van der Waals surface area contributed by atoms with Crippen molar-refractivity contribution in [2.45, 2.75) is 25.0 Å². The van der Waals surface area contributed by atoms with Crippen LogP contribution in [0.1, 0.15) is 30.0 Å². The molecule has 2 nitrogen and oxygen atoms in total. The average Bonchev–Trinajstić information content (AvgIpc) is 3.26. The molecule has 1 saturated carbocycles. The average molecular weight is 379 g/mol. The van der Waals surface area contributed by atoms with Crippen molar-refractivity contribution in [3.05, 3.63) is 63.2 Å². The predicted octanol–water partition coefficient (Wildman–Crippen LogP) is 4.14. The second-order valence-corrected chi connectivity index (χ2v) is 6.41. The molecular weight excluding hydrogens is 361 g/mol. The topological polar surface area (TPSA) is 21.3 Å². The molecule has 0 radical (unpaired) electrons. The second-order valence-electron chi connectivity index (χ2n) is 5.16. The first-order valence-electron chi connectivity index (χ1n) is 6.95. The molecule has 3 heteroatoms. The predicted molar refractivity (Wildman–Crippen MR) is 90.2 cm³/mol. The normalized spacial score (nSPS) is 15.9. The van der Waals surface area contributed by atoms with Gasteiger partial charge < -0.3 is 10.1 Å². The van der Waals surface area contributed by atoms with Gasteiger partial charge in [-0.2, -0.15) is 0 Å². The van der Waals surface area contributed by atoms with Crippen molar-refractivity contribution < 1.29 is 4.74 Å². The maximum Gasteiger partial charge on any atom is 0.119 e. The SMILES string of the molecule is CNC(c1ccc(OC2CC2)cc1)c1cccc(I)c1. The van der Waals surface area contributed by atoms with Crippen LogP contribution in [0, 0.1) is 3.57 Å². The van der Waals surface area contributed by atoms with Gasteiger partial charge in [0.2, 0.25) is 0 Å². The van der Waals surface area contributed by atoms with Crippen LogP contribution < -0.4 is 10.1 Å². The number of rotatable bonds is 5. The lowest BCUT2D eigenvalue weighted by atomic mass is 9.99. The lowest BCUT2D eigenvalue weighted by Gasteiger charge is -2.18. The molecule has 0 aliphatic heterocycles. The highest BCUT2D eigenvalue weighted by atomic mass is 127. The van der Waals surface area contributed by atoms with Gasteiger partial charge in [0.05, 0.1) is 12.1 Å². The molecule has 1 aliphatic rings. The van der Waals surface area contributed by atoms with Gasteiger partial charge in [-0.15, -0.1) is 0 Å². The molecule has 0 spiro atoms. The summed E-state index contributed by atoms with van der Waals surface area (Å²) in [5.41, 5.74) is 2.55. The zero-order valence-corrected chi connectivity index (χ0v) is 13.6. The molecule has 0 bridgehead atoms. The number of halogens is 1. The van der Waals surface area contributed by atoms with Crippen LogP contribution in [-0.2, 0) is 0 Å². The Balaban J connectivity index is 1.81. The largest absolute Gasteiger partial charge is 0.490 e. The minimum absolute atomic E-state index is 0.222. The Morgan fingerprint density at radius 1 is 1.10 bits per heavy atom. The molecule has 2 aromatic carbocycles. The molecule has 0 saturated heterocycles. The summed E-state index contributed by atoms with van der Waals surface area (Å²) in [6.45, 7) is 0. The van der Waals surface area contributed by atoms with Gasteiger partial charge in [0, 0.05) is 3.57 Å². The summed E-state index contributed by atoms with van der Waals surface area (Å²) in [6, 6.07) is 17.3. The fraction of sp³-hybridized carbons (Fsp3) is 0.294. The molecule has 2 aromatic rings. The van der Waals surface area contributed by atoms with E-state index in [1.165, 1.54) is 27.5 Å². The molecule has 104 valence electrons. The minimum Gasteiger partial charge on any atom is -0.490 e. The van der Waals surface area contributed by atoms with Gasteiger partial charge >= 0.3 is 0 Å². The van der Waals surface area contributed by atoms with Crippen LogP contribution in [0.2, 0.25) is 0 Å². The lowest BCUT2D eigenvalue weighted by Crippen LogP contribution is -2.17.